The minimum absolute atomic E-state index is 0.127. The molecule has 26 heavy (non-hydrogen) atoms. The zero-order chi connectivity index (χ0) is 19.9. The van der Waals surface area contributed by atoms with Gasteiger partial charge in [-0.05, 0) is 31.0 Å². The molecule has 0 heterocycles. The number of amides is 2. The van der Waals surface area contributed by atoms with Crippen molar-refractivity contribution in [2.45, 2.75) is 26.3 Å². The number of esters is 1. The van der Waals surface area contributed by atoms with Gasteiger partial charge in [-0.1, -0.05) is 37.0 Å². The SMILES string of the molecule is CC(C)[C@](C)(C#N)NC(=O)COC(=O)CNC(=O)c1ccc(Cl)c(Cl)c1. The van der Waals surface area contributed by atoms with Crippen molar-refractivity contribution in [1.29, 1.82) is 5.26 Å². The van der Waals surface area contributed by atoms with E-state index >= 15 is 0 Å². The molecule has 1 aromatic carbocycles. The molecule has 2 N–H and O–H groups in total. The number of ether oxygens (including phenoxy) is 1. The maximum atomic E-state index is 11.9. The number of nitrogens with one attached hydrogen (secondary N) is 2. The van der Waals surface area contributed by atoms with Crippen molar-refractivity contribution in [3.8, 4) is 6.07 Å². The summed E-state index contributed by atoms with van der Waals surface area (Å²) in [4.78, 5) is 35.4. The Bertz CT molecular complexity index is 746. The standard InChI is InChI=1S/C17H19Cl2N3O4/c1-10(2)17(3,9-20)22-14(23)8-26-15(24)7-21-16(25)11-4-5-12(18)13(19)6-11/h4-6,10H,7-8H2,1-3H3,(H,21,25)(H,22,23)/t17-/m0/s1. The topological polar surface area (TPSA) is 108 Å². The van der Waals surface area contributed by atoms with Crippen LogP contribution >= 0.6 is 23.2 Å². The highest BCUT2D eigenvalue weighted by atomic mass is 35.5. The van der Waals surface area contributed by atoms with Crippen LogP contribution in [-0.4, -0.2) is 36.5 Å². The number of carbonyl (C=O) groups is 3. The molecule has 0 saturated heterocycles. The quantitative estimate of drug-likeness (QED) is 0.683. The van der Waals surface area contributed by atoms with Crippen molar-refractivity contribution in [2.75, 3.05) is 13.2 Å². The minimum atomic E-state index is -1.06. The lowest BCUT2D eigenvalue weighted by atomic mass is 9.90. The Balaban J connectivity index is 2.45. The first-order valence-corrected chi connectivity index (χ1v) is 8.45. The lowest BCUT2D eigenvalue weighted by Gasteiger charge is -2.27. The number of nitriles is 1. The second-order valence-corrected chi connectivity index (χ2v) is 6.80. The Morgan fingerprint density at radius 3 is 2.46 bits per heavy atom. The summed E-state index contributed by atoms with van der Waals surface area (Å²) in [5.74, 6) is -2.07. The van der Waals surface area contributed by atoms with Crippen molar-refractivity contribution in [3.63, 3.8) is 0 Å². The van der Waals surface area contributed by atoms with Crippen LogP contribution in [0.15, 0.2) is 18.2 Å². The van der Waals surface area contributed by atoms with Crippen molar-refractivity contribution >= 4 is 41.0 Å². The molecule has 0 fully saturated rings. The largest absolute Gasteiger partial charge is 0.454 e. The Morgan fingerprint density at radius 1 is 1.27 bits per heavy atom. The smallest absolute Gasteiger partial charge is 0.325 e. The van der Waals surface area contributed by atoms with Crippen LogP contribution in [0, 0.1) is 17.2 Å². The number of nitrogens with zero attached hydrogens (tertiary/aromatic N) is 1. The van der Waals surface area contributed by atoms with Crippen LogP contribution in [0.1, 0.15) is 31.1 Å². The van der Waals surface area contributed by atoms with E-state index in [4.69, 9.17) is 33.2 Å². The molecule has 140 valence electrons. The molecule has 9 heteroatoms. The van der Waals surface area contributed by atoms with Crippen molar-refractivity contribution < 1.29 is 19.1 Å². The van der Waals surface area contributed by atoms with Crippen molar-refractivity contribution in [2.24, 2.45) is 5.92 Å². The molecule has 0 aliphatic carbocycles. The average Bonchev–Trinajstić information content (AvgIpc) is 2.59. The van der Waals surface area contributed by atoms with E-state index in [0.29, 0.717) is 5.02 Å². The Morgan fingerprint density at radius 2 is 1.92 bits per heavy atom. The number of benzene rings is 1. The predicted octanol–water partition coefficient (Wildman–Crippen LogP) is 2.32. The van der Waals surface area contributed by atoms with Crippen LogP contribution < -0.4 is 10.6 Å². The Hall–Kier alpha value is -2.30. The molecule has 7 nitrogen and oxygen atoms in total. The van der Waals surface area contributed by atoms with Gasteiger partial charge in [0.15, 0.2) is 6.61 Å². The summed E-state index contributed by atoms with van der Waals surface area (Å²) in [5.41, 5.74) is -0.836. The molecular formula is C17H19Cl2N3O4. The fourth-order valence-corrected chi connectivity index (χ4v) is 2.01. The first-order chi connectivity index (χ1) is 12.1. The van der Waals surface area contributed by atoms with Crippen LogP contribution in [0.3, 0.4) is 0 Å². The summed E-state index contributed by atoms with van der Waals surface area (Å²) in [5, 5.41) is 14.5. The molecule has 0 spiro atoms. The van der Waals surface area contributed by atoms with E-state index in [9.17, 15) is 14.4 Å². The first kappa shape index (κ1) is 21.7. The van der Waals surface area contributed by atoms with Gasteiger partial charge in [0.25, 0.3) is 11.8 Å². The van der Waals surface area contributed by atoms with Gasteiger partial charge in [0.05, 0.1) is 16.1 Å². The number of halogens is 2. The highest BCUT2D eigenvalue weighted by Gasteiger charge is 2.30. The summed E-state index contributed by atoms with van der Waals surface area (Å²) in [7, 11) is 0. The van der Waals surface area contributed by atoms with Gasteiger partial charge in [-0.3, -0.25) is 14.4 Å². The molecule has 1 rings (SSSR count). The van der Waals surface area contributed by atoms with Crippen LogP contribution in [0.25, 0.3) is 0 Å². The maximum absolute atomic E-state index is 11.9. The predicted molar refractivity (Wildman–Crippen MR) is 96.8 cm³/mol. The molecule has 0 aromatic heterocycles. The normalized spacial score (nSPS) is 12.7. The van der Waals surface area contributed by atoms with Gasteiger partial charge < -0.3 is 15.4 Å². The Labute approximate surface area is 161 Å². The van der Waals surface area contributed by atoms with Crippen LogP contribution in [0.4, 0.5) is 0 Å². The van der Waals surface area contributed by atoms with E-state index in [1.54, 1.807) is 20.8 Å². The van der Waals surface area contributed by atoms with E-state index < -0.39 is 36.5 Å². The molecule has 2 amide bonds. The molecule has 1 aromatic rings. The monoisotopic (exact) mass is 399 g/mol. The van der Waals surface area contributed by atoms with Gasteiger partial charge >= 0.3 is 5.97 Å². The molecule has 1 atom stereocenters. The molecule has 0 aliphatic heterocycles. The third-order valence-electron chi connectivity index (χ3n) is 3.73. The number of hydrogen-bond donors (Lipinski definition) is 2. The molecule has 0 bridgehead atoms. The van der Waals surface area contributed by atoms with E-state index in [1.807, 2.05) is 6.07 Å². The number of carbonyl (C=O) groups excluding carboxylic acids is 3. The third kappa shape index (κ3) is 6.21. The van der Waals surface area contributed by atoms with Crippen LogP contribution in [0.2, 0.25) is 10.0 Å². The van der Waals surface area contributed by atoms with Crippen LogP contribution in [-0.2, 0) is 14.3 Å². The highest BCUT2D eigenvalue weighted by molar-refractivity contribution is 6.42. The third-order valence-corrected chi connectivity index (χ3v) is 4.46. The van der Waals surface area contributed by atoms with Gasteiger partial charge in [0.2, 0.25) is 0 Å². The lowest BCUT2D eigenvalue weighted by molar-refractivity contribution is -0.147. The van der Waals surface area contributed by atoms with Gasteiger partial charge in [0, 0.05) is 5.56 Å². The summed E-state index contributed by atoms with van der Waals surface area (Å²) in [6, 6.07) is 6.30. The van der Waals surface area contributed by atoms with E-state index in [0.717, 1.165) is 0 Å². The van der Waals surface area contributed by atoms with E-state index in [2.05, 4.69) is 10.6 Å². The van der Waals surface area contributed by atoms with Gasteiger partial charge in [0.1, 0.15) is 12.1 Å². The second kappa shape index (κ2) is 9.41. The van der Waals surface area contributed by atoms with Crippen molar-refractivity contribution in [1.82, 2.24) is 10.6 Å². The molecular weight excluding hydrogens is 381 g/mol. The average molecular weight is 400 g/mol. The van der Waals surface area contributed by atoms with Gasteiger partial charge in [-0.2, -0.15) is 5.26 Å². The lowest BCUT2D eigenvalue weighted by Crippen LogP contribution is -2.50. The van der Waals surface area contributed by atoms with Gasteiger partial charge in [-0.15, -0.1) is 0 Å². The van der Waals surface area contributed by atoms with Crippen molar-refractivity contribution in [3.05, 3.63) is 33.8 Å². The fourth-order valence-electron chi connectivity index (χ4n) is 1.72. The summed E-state index contributed by atoms with van der Waals surface area (Å²) in [6.07, 6.45) is 0. The molecule has 0 radical (unpaired) electrons. The first-order valence-electron chi connectivity index (χ1n) is 7.70. The summed E-state index contributed by atoms with van der Waals surface area (Å²) >= 11 is 11.6. The molecule has 0 saturated carbocycles. The number of hydrogen-bond acceptors (Lipinski definition) is 5. The summed E-state index contributed by atoms with van der Waals surface area (Å²) < 4.78 is 4.78. The molecule has 0 aliphatic rings. The zero-order valence-corrected chi connectivity index (χ0v) is 16.1. The fraction of sp³-hybridized carbons (Fsp3) is 0.412. The van der Waals surface area contributed by atoms with Crippen LogP contribution in [0.5, 0.6) is 0 Å². The summed E-state index contributed by atoms with van der Waals surface area (Å²) in [6.45, 7) is 4.18. The molecule has 0 unspecified atom stereocenters. The van der Waals surface area contributed by atoms with Gasteiger partial charge in [-0.25, -0.2) is 0 Å². The zero-order valence-electron chi connectivity index (χ0n) is 14.6. The van der Waals surface area contributed by atoms with E-state index in [-0.39, 0.29) is 16.5 Å². The maximum Gasteiger partial charge on any atom is 0.325 e. The highest BCUT2D eigenvalue weighted by Crippen LogP contribution is 2.22. The number of rotatable bonds is 7. The van der Waals surface area contributed by atoms with E-state index in [1.165, 1.54) is 18.2 Å². The minimum Gasteiger partial charge on any atom is -0.454 e. The Kier molecular flexibility index (Phi) is 7.87. The second-order valence-electron chi connectivity index (χ2n) is 5.99.